The predicted molar refractivity (Wildman–Crippen MR) is 125 cm³/mol. The van der Waals surface area contributed by atoms with E-state index >= 15 is 0 Å². The van der Waals surface area contributed by atoms with Crippen LogP contribution in [-0.4, -0.2) is 9.55 Å². The van der Waals surface area contributed by atoms with Crippen LogP contribution in [0.4, 0.5) is 0 Å². The van der Waals surface area contributed by atoms with E-state index in [-0.39, 0.29) is 11.0 Å². The molecule has 2 heterocycles. The summed E-state index contributed by atoms with van der Waals surface area (Å²) in [7, 11) is 0. The molecule has 0 atom stereocenters. The van der Waals surface area contributed by atoms with Crippen molar-refractivity contribution in [2.24, 2.45) is 0 Å². The van der Waals surface area contributed by atoms with Gasteiger partial charge < -0.3 is 0 Å². The zero-order chi connectivity index (χ0) is 20.6. The van der Waals surface area contributed by atoms with Crippen LogP contribution in [0.2, 0.25) is 0 Å². The van der Waals surface area contributed by atoms with Gasteiger partial charge in [0, 0.05) is 17.2 Å². The van der Waals surface area contributed by atoms with Crippen molar-refractivity contribution < 1.29 is 0 Å². The molecule has 152 valence electrons. The van der Waals surface area contributed by atoms with Crippen molar-refractivity contribution >= 4 is 33.3 Å². The summed E-state index contributed by atoms with van der Waals surface area (Å²) in [6.45, 7) is 11.0. The molecule has 4 rings (SSSR count). The third kappa shape index (κ3) is 4.08. The van der Waals surface area contributed by atoms with E-state index in [4.69, 9.17) is 4.98 Å². The minimum absolute atomic E-state index is 0.0971. The molecule has 0 fully saturated rings. The van der Waals surface area contributed by atoms with Gasteiger partial charge in [-0.2, -0.15) is 0 Å². The summed E-state index contributed by atoms with van der Waals surface area (Å²) in [6, 6.07) is 8.78. The lowest BCUT2D eigenvalue weighted by Gasteiger charge is -2.19. The number of fused-ring (bicyclic) bond motifs is 3. The predicted octanol–water partition coefficient (Wildman–Crippen LogP) is 6.11. The molecule has 1 aromatic carbocycles. The summed E-state index contributed by atoms with van der Waals surface area (Å²) < 4.78 is 1.80. The molecule has 2 aromatic heterocycles. The fourth-order valence-corrected chi connectivity index (χ4v) is 6.14. The second-order valence-electron chi connectivity index (χ2n) is 8.73. The van der Waals surface area contributed by atoms with Crippen LogP contribution in [0.25, 0.3) is 10.2 Å². The van der Waals surface area contributed by atoms with Crippen LogP contribution in [0.3, 0.4) is 0 Å². The SMILES string of the molecule is C=CCn1c(SCc2ccc(C(C)(C)C)cc2)nc2sc3c(c2c1=O)CCCC3. The van der Waals surface area contributed by atoms with E-state index < -0.39 is 0 Å². The molecule has 3 aromatic rings. The average molecular weight is 425 g/mol. The molecule has 0 bridgehead atoms. The van der Waals surface area contributed by atoms with E-state index in [1.54, 1.807) is 33.7 Å². The fraction of sp³-hybridized carbons (Fsp3) is 0.417. The maximum Gasteiger partial charge on any atom is 0.263 e. The van der Waals surface area contributed by atoms with Gasteiger partial charge in [-0.1, -0.05) is 62.9 Å². The topological polar surface area (TPSA) is 34.9 Å². The third-order valence-corrected chi connectivity index (χ3v) is 7.77. The Bertz CT molecular complexity index is 1100. The van der Waals surface area contributed by atoms with E-state index in [0.717, 1.165) is 34.0 Å². The van der Waals surface area contributed by atoms with Crippen molar-refractivity contribution in [1.82, 2.24) is 9.55 Å². The van der Waals surface area contributed by atoms with Crippen LogP contribution >= 0.6 is 23.1 Å². The van der Waals surface area contributed by atoms with E-state index in [1.165, 1.54) is 34.4 Å². The highest BCUT2D eigenvalue weighted by Gasteiger charge is 2.22. The Kier molecular flexibility index (Phi) is 5.71. The van der Waals surface area contributed by atoms with Gasteiger partial charge in [0.25, 0.3) is 5.56 Å². The fourth-order valence-electron chi connectivity index (χ4n) is 3.87. The number of aromatic nitrogens is 2. The van der Waals surface area contributed by atoms with Gasteiger partial charge in [-0.25, -0.2) is 4.98 Å². The molecule has 0 N–H and O–H groups in total. The van der Waals surface area contributed by atoms with Gasteiger partial charge in [0.15, 0.2) is 5.16 Å². The first-order chi connectivity index (χ1) is 13.9. The zero-order valence-corrected chi connectivity index (χ0v) is 19.1. The molecule has 3 nitrogen and oxygen atoms in total. The molecule has 1 aliphatic rings. The van der Waals surface area contributed by atoms with Crippen molar-refractivity contribution in [3.05, 3.63) is 68.8 Å². The average Bonchev–Trinajstić information content (AvgIpc) is 3.07. The number of thioether (sulfide) groups is 1. The van der Waals surface area contributed by atoms with Crippen LogP contribution in [0.5, 0.6) is 0 Å². The molecular weight excluding hydrogens is 396 g/mol. The zero-order valence-electron chi connectivity index (χ0n) is 17.5. The second kappa shape index (κ2) is 8.11. The molecule has 29 heavy (non-hydrogen) atoms. The Morgan fingerprint density at radius 3 is 2.62 bits per heavy atom. The van der Waals surface area contributed by atoms with Crippen molar-refractivity contribution in [3.63, 3.8) is 0 Å². The Morgan fingerprint density at radius 2 is 1.93 bits per heavy atom. The summed E-state index contributed by atoms with van der Waals surface area (Å²) in [4.78, 5) is 20.5. The van der Waals surface area contributed by atoms with Crippen LogP contribution in [0.1, 0.15) is 55.2 Å². The van der Waals surface area contributed by atoms with Gasteiger partial charge in [0.2, 0.25) is 0 Å². The first-order valence-corrected chi connectivity index (χ1v) is 12.1. The molecule has 0 aliphatic heterocycles. The summed E-state index contributed by atoms with van der Waals surface area (Å²) in [5.74, 6) is 0.796. The molecule has 1 aliphatic carbocycles. The number of aryl methyl sites for hydroxylation is 2. The van der Waals surface area contributed by atoms with Gasteiger partial charge in [-0.15, -0.1) is 17.9 Å². The first kappa shape index (κ1) is 20.4. The van der Waals surface area contributed by atoms with E-state index in [1.807, 2.05) is 0 Å². The molecule has 0 saturated heterocycles. The molecule has 0 spiro atoms. The van der Waals surface area contributed by atoms with Gasteiger partial charge >= 0.3 is 0 Å². The Balaban J connectivity index is 1.67. The lowest BCUT2D eigenvalue weighted by Crippen LogP contribution is -2.23. The van der Waals surface area contributed by atoms with Crippen LogP contribution in [0.15, 0.2) is 46.9 Å². The smallest absolute Gasteiger partial charge is 0.263 e. The molecular formula is C24H28N2OS2. The number of hydrogen-bond donors (Lipinski definition) is 0. The molecule has 0 radical (unpaired) electrons. The minimum Gasteiger partial charge on any atom is -0.283 e. The van der Waals surface area contributed by atoms with Gasteiger partial charge in [-0.3, -0.25) is 9.36 Å². The minimum atomic E-state index is 0.0971. The quantitative estimate of drug-likeness (QED) is 0.281. The molecule has 0 amide bonds. The van der Waals surface area contributed by atoms with Crippen LogP contribution < -0.4 is 5.56 Å². The summed E-state index contributed by atoms with van der Waals surface area (Å²) in [5.41, 5.74) is 4.08. The van der Waals surface area contributed by atoms with Crippen LogP contribution in [-0.2, 0) is 30.6 Å². The highest BCUT2D eigenvalue weighted by atomic mass is 32.2. The largest absolute Gasteiger partial charge is 0.283 e. The first-order valence-electron chi connectivity index (χ1n) is 10.3. The Labute approximate surface area is 180 Å². The van der Waals surface area contributed by atoms with E-state index in [0.29, 0.717) is 6.54 Å². The summed E-state index contributed by atoms with van der Waals surface area (Å²) in [5, 5.41) is 1.64. The monoisotopic (exact) mass is 424 g/mol. The van der Waals surface area contributed by atoms with E-state index in [2.05, 4.69) is 51.6 Å². The standard InChI is InChI=1S/C24H28N2OS2/c1-5-14-26-22(27)20-18-8-6-7-9-19(18)29-21(20)25-23(26)28-15-16-10-12-17(13-11-16)24(2,3)4/h5,10-13H,1,6-9,14-15H2,2-4H3. The number of nitrogens with zero attached hydrogens (tertiary/aromatic N) is 2. The van der Waals surface area contributed by atoms with Crippen molar-refractivity contribution in [2.75, 3.05) is 0 Å². The summed E-state index contributed by atoms with van der Waals surface area (Å²) >= 11 is 3.36. The van der Waals surface area contributed by atoms with Crippen molar-refractivity contribution in [3.8, 4) is 0 Å². The number of thiophene rings is 1. The highest BCUT2D eigenvalue weighted by molar-refractivity contribution is 7.98. The lowest BCUT2D eigenvalue weighted by molar-refractivity contribution is 0.590. The normalized spacial score (nSPS) is 14.2. The number of allylic oxidation sites excluding steroid dienone is 1. The molecule has 0 unspecified atom stereocenters. The van der Waals surface area contributed by atoms with Crippen LogP contribution in [0, 0.1) is 0 Å². The van der Waals surface area contributed by atoms with Crippen molar-refractivity contribution in [2.45, 2.75) is 69.3 Å². The number of benzene rings is 1. The lowest BCUT2D eigenvalue weighted by atomic mass is 9.87. The maximum atomic E-state index is 13.3. The van der Waals surface area contributed by atoms with Crippen molar-refractivity contribution in [1.29, 1.82) is 0 Å². The Morgan fingerprint density at radius 1 is 1.21 bits per heavy atom. The second-order valence-corrected chi connectivity index (χ2v) is 10.8. The summed E-state index contributed by atoms with van der Waals surface area (Å²) in [6.07, 6.45) is 6.26. The number of hydrogen-bond acceptors (Lipinski definition) is 4. The van der Waals surface area contributed by atoms with Gasteiger partial charge in [0.1, 0.15) is 4.83 Å². The third-order valence-electron chi connectivity index (χ3n) is 5.54. The van der Waals surface area contributed by atoms with E-state index in [9.17, 15) is 4.79 Å². The number of rotatable bonds is 5. The molecule has 5 heteroatoms. The molecule has 0 saturated carbocycles. The van der Waals surface area contributed by atoms with Gasteiger partial charge in [0.05, 0.1) is 5.39 Å². The van der Waals surface area contributed by atoms with Gasteiger partial charge in [-0.05, 0) is 47.8 Å². The Hall–Kier alpha value is -1.85. The maximum absolute atomic E-state index is 13.3. The highest BCUT2D eigenvalue weighted by Crippen LogP contribution is 2.35.